The quantitative estimate of drug-likeness (QED) is 0.576. The number of aliphatic hydroxyl groups excluding tert-OH is 1. The fourth-order valence-electron chi connectivity index (χ4n) is 5.13. The number of rotatable bonds is 5. The number of hydrogen-bond donors (Lipinski definition) is 2. The lowest BCUT2D eigenvalue weighted by molar-refractivity contribution is -0.131. The van der Waals surface area contributed by atoms with Gasteiger partial charge in [-0.1, -0.05) is 32.4 Å². The predicted octanol–water partition coefficient (Wildman–Crippen LogP) is 4.57. The summed E-state index contributed by atoms with van der Waals surface area (Å²) in [5.41, 5.74) is 2.67. The Morgan fingerprint density at radius 1 is 1.39 bits per heavy atom. The van der Waals surface area contributed by atoms with Crippen molar-refractivity contribution < 1.29 is 15.0 Å². The Morgan fingerprint density at radius 3 is 2.70 bits per heavy atom. The number of allylic oxidation sites excluding steroid dienone is 2. The monoisotopic (exact) mass is 320 g/mol. The van der Waals surface area contributed by atoms with Gasteiger partial charge in [-0.15, -0.1) is 0 Å². The molecule has 0 aromatic heterocycles. The van der Waals surface area contributed by atoms with Crippen molar-refractivity contribution in [1.82, 2.24) is 0 Å². The van der Waals surface area contributed by atoms with E-state index in [1.165, 1.54) is 30.9 Å². The largest absolute Gasteiger partial charge is 0.478 e. The molecule has 130 valence electrons. The van der Waals surface area contributed by atoms with Gasteiger partial charge in [-0.2, -0.15) is 0 Å². The summed E-state index contributed by atoms with van der Waals surface area (Å²) >= 11 is 0. The molecular formula is C20H32O3. The molecule has 0 radical (unpaired) electrons. The number of carbonyl (C=O) groups is 1. The van der Waals surface area contributed by atoms with Crippen molar-refractivity contribution in [3.63, 3.8) is 0 Å². The van der Waals surface area contributed by atoms with E-state index < -0.39 is 5.97 Å². The molecule has 3 heteroatoms. The molecule has 4 unspecified atom stereocenters. The average Bonchev–Trinajstić information content (AvgIpc) is 2.50. The van der Waals surface area contributed by atoms with Crippen LogP contribution in [0.25, 0.3) is 0 Å². The minimum absolute atomic E-state index is 0.155. The maximum absolute atomic E-state index is 10.9. The van der Waals surface area contributed by atoms with Gasteiger partial charge in [0.1, 0.15) is 0 Å². The number of carboxylic acid groups (broad SMARTS) is 1. The SMILES string of the molecule is CC1=CCCC2C1(C)CCC(C)C2(C)CC/C(=C\C(=O)O)CO. The van der Waals surface area contributed by atoms with Crippen LogP contribution < -0.4 is 0 Å². The highest BCUT2D eigenvalue weighted by Crippen LogP contribution is 2.61. The smallest absolute Gasteiger partial charge is 0.328 e. The maximum Gasteiger partial charge on any atom is 0.328 e. The topological polar surface area (TPSA) is 57.5 Å². The van der Waals surface area contributed by atoms with E-state index in [1.54, 1.807) is 0 Å². The molecule has 2 aliphatic rings. The summed E-state index contributed by atoms with van der Waals surface area (Å²) < 4.78 is 0. The van der Waals surface area contributed by atoms with Crippen LogP contribution in [0, 0.1) is 22.7 Å². The Kier molecular flexibility index (Phi) is 5.40. The van der Waals surface area contributed by atoms with Crippen molar-refractivity contribution in [2.45, 2.75) is 66.2 Å². The molecule has 0 bridgehead atoms. The molecule has 2 rings (SSSR count). The predicted molar refractivity (Wildman–Crippen MR) is 93.1 cm³/mol. The summed E-state index contributed by atoms with van der Waals surface area (Å²) in [5.74, 6) is 0.321. The van der Waals surface area contributed by atoms with Crippen LogP contribution in [-0.4, -0.2) is 22.8 Å². The van der Waals surface area contributed by atoms with Gasteiger partial charge < -0.3 is 10.2 Å². The van der Waals surface area contributed by atoms with Crippen molar-refractivity contribution in [1.29, 1.82) is 0 Å². The summed E-state index contributed by atoms with van der Waals surface area (Å²) in [5, 5.41) is 18.4. The normalized spacial score (nSPS) is 38.0. The molecule has 3 nitrogen and oxygen atoms in total. The minimum atomic E-state index is -0.961. The molecule has 0 amide bonds. The lowest BCUT2D eigenvalue weighted by Crippen LogP contribution is -2.49. The molecule has 23 heavy (non-hydrogen) atoms. The Labute approximate surface area is 140 Å². The molecule has 2 aliphatic carbocycles. The van der Waals surface area contributed by atoms with E-state index in [0.717, 1.165) is 12.8 Å². The molecule has 0 aromatic rings. The first-order chi connectivity index (χ1) is 10.7. The maximum atomic E-state index is 10.9. The van der Waals surface area contributed by atoms with Crippen LogP contribution in [0.1, 0.15) is 66.2 Å². The van der Waals surface area contributed by atoms with Crippen molar-refractivity contribution >= 4 is 5.97 Å². The zero-order valence-corrected chi connectivity index (χ0v) is 15.1. The Morgan fingerprint density at radius 2 is 2.09 bits per heavy atom. The fourth-order valence-corrected chi connectivity index (χ4v) is 5.13. The molecule has 0 spiro atoms. The molecule has 0 saturated heterocycles. The summed E-state index contributed by atoms with van der Waals surface area (Å²) in [4.78, 5) is 10.9. The summed E-state index contributed by atoms with van der Waals surface area (Å²) in [6.45, 7) is 9.30. The first kappa shape index (κ1) is 18.3. The van der Waals surface area contributed by atoms with Crippen LogP contribution in [0.2, 0.25) is 0 Å². The highest BCUT2D eigenvalue weighted by molar-refractivity contribution is 5.80. The molecule has 0 aromatic carbocycles. The summed E-state index contributed by atoms with van der Waals surface area (Å²) in [7, 11) is 0. The van der Waals surface area contributed by atoms with E-state index in [1.807, 2.05) is 0 Å². The highest BCUT2D eigenvalue weighted by atomic mass is 16.4. The van der Waals surface area contributed by atoms with Crippen LogP contribution in [0.5, 0.6) is 0 Å². The zero-order valence-electron chi connectivity index (χ0n) is 15.1. The van der Waals surface area contributed by atoms with E-state index in [9.17, 15) is 9.90 Å². The van der Waals surface area contributed by atoms with Gasteiger partial charge in [0.25, 0.3) is 0 Å². The Balaban J connectivity index is 2.23. The molecule has 0 heterocycles. The Hall–Kier alpha value is -1.09. The molecule has 0 aliphatic heterocycles. The van der Waals surface area contributed by atoms with Gasteiger partial charge in [-0.3, -0.25) is 0 Å². The number of carboxylic acids is 1. The number of aliphatic hydroxyl groups is 1. The fraction of sp³-hybridized carbons (Fsp3) is 0.750. The van der Waals surface area contributed by atoms with Gasteiger partial charge in [0.2, 0.25) is 0 Å². The summed E-state index contributed by atoms with van der Waals surface area (Å²) in [6.07, 6.45) is 10.1. The van der Waals surface area contributed by atoms with Gasteiger partial charge in [-0.05, 0) is 73.7 Å². The van der Waals surface area contributed by atoms with E-state index in [0.29, 0.717) is 23.8 Å². The van der Waals surface area contributed by atoms with Gasteiger partial charge in [0, 0.05) is 6.08 Å². The third-order valence-corrected chi connectivity index (χ3v) is 7.11. The average molecular weight is 320 g/mol. The first-order valence-corrected chi connectivity index (χ1v) is 8.94. The lowest BCUT2D eigenvalue weighted by Gasteiger charge is -2.58. The van der Waals surface area contributed by atoms with Crippen LogP contribution in [0.4, 0.5) is 0 Å². The number of fused-ring (bicyclic) bond motifs is 1. The highest BCUT2D eigenvalue weighted by Gasteiger charge is 2.52. The van der Waals surface area contributed by atoms with E-state index in [4.69, 9.17) is 5.11 Å². The molecule has 1 fully saturated rings. The van der Waals surface area contributed by atoms with Crippen LogP contribution in [0.3, 0.4) is 0 Å². The Bertz CT molecular complexity index is 519. The van der Waals surface area contributed by atoms with Gasteiger partial charge >= 0.3 is 5.97 Å². The van der Waals surface area contributed by atoms with E-state index in [-0.39, 0.29) is 17.4 Å². The van der Waals surface area contributed by atoms with Gasteiger partial charge in [0.15, 0.2) is 0 Å². The van der Waals surface area contributed by atoms with Crippen LogP contribution >= 0.6 is 0 Å². The number of hydrogen-bond acceptors (Lipinski definition) is 2. The van der Waals surface area contributed by atoms with Crippen molar-refractivity contribution in [3.8, 4) is 0 Å². The second-order valence-electron chi connectivity index (χ2n) is 8.18. The van der Waals surface area contributed by atoms with E-state index >= 15 is 0 Å². The van der Waals surface area contributed by atoms with Crippen molar-refractivity contribution in [2.24, 2.45) is 22.7 Å². The van der Waals surface area contributed by atoms with E-state index in [2.05, 4.69) is 33.8 Å². The van der Waals surface area contributed by atoms with Gasteiger partial charge in [-0.25, -0.2) is 4.79 Å². The second kappa shape index (κ2) is 6.80. The standard InChI is InChI=1S/C20H32O3/c1-14-6-5-7-17-19(14,3)10-8-15(2)20(17,4)11-9-16(13-21)12-18(22)23/h6,12,15,17,21H,5,7-11,13H2,1-4H3,(H,22,23)/b16-12+. The zero-order chi connectivity index (χ0) is 17.3. The number of aliphatic carboxylic acids is 1. The van der Waals surface area contributed by atoms with Crippen molar-refractivity contribution in [3.05, 3.63) is 23.3 Å². The van der Waals surface area contributed by atoms with Crippen LogP contribution in [-0.2, 0) is 4.79 Å². The molecule has 2 N–H and O–H groups in total. The molecule has 1 saturated carbocycles. The minimum Gasteiger partial charge on any atom is -0.478 e. The second-order valence-corrected chi connectivity index (χ2v) is 8.18. The lowest BCUT2D eigenvalue weighted by atomic mass is 9.47. The third kappa shape index (κ3) is 3.40. The van der Waals surface area contributed by atoms with Crippen LogP contribution in [0.15, 0.2) is 23.3 Å². The molecule has 4 atom stereocenters. The first-order valence-electron chi connectivity index (χ1n) is 8.94. The van der Waals surface area contributed by atoms with Gasteiger partial charge in [0.05, 0.1) is 6.61 Å². The third-order valence-electron chi connectivity index (χ3n) is 7.11. The molecular weight excluding hydrogens is 288 g/mol. The van der Waals surface area contributed by atoms with Crippen molar-refractivity contribution in [2.75, 3.05) is 6.61 Å². The summed E-state index contributed by atoms with van der Waals surface area (Å²) in [6, 6.07) is 0.